The number of ether oxygens (including phenoxy) is 2. The summed E-state index contributed by atoms with van der Waals surface area (Å²) in [6.45, 7) is -1.37. The molecular formula is C18H13F5N2O3S. The molecule has 1 heterocycles. The van der Waals surface area contributed by atoms with Crippen molar-refractivity contribution in [2.24, 2.45) is 0 Å². The van der Waals surface area contributed by atoms with E-state index in [0.29, 0.717) is 17.8 Å². The number of halogens is 5. The summed E-state index contributed by atoms with van der Waals surface area (Å²) in [6, 6.07) is 6.99. The third-order valence-corrected chi connectivity index (χ3v) is 4.36. The van der Waals surface area contributed by atoms with E-state index in [1.165, 1.54) is 18.2 Å². The van der Waals surface area contributed by atoms with Crippen LogP contribution < -0.4 is 4.74 Å². The van der Waals surface area contributed by atoms with E-state index in [1.807, 2.05) is 0 Å². The summed E-state index contributed by atoms with van der Waals surface area (Å²) in [5.41, 5.74) is -1.90. The molecule has 29 heavy (non-hydrogen) atoms. The second-order valence-electron chi connectivity index (χ2n) is 5.34. The molecule has 0 atom stereocenters. The van der Waals surface area contributed by atoms with Crippen molar-refractivity contribution < 1.29 is 36.2 Å². The first-order chi connectivity index (χ1) is 13.7. The van der Waals surface area contributed by atoms with Crippen molar-refractivity contribution in [1.29, 1.82) is 5.26 Å². The number of hydrogen-bond donors (Lipinski definition) is 0. The highest BCUT2D eigenvalue weighted by atomic mass is 32.2. The molecule has 0 unspecified atom stereocenters. The number of thioether (sulfide) groups is 1. The molecule has 11 heteroatoms. The summed E-state index contributed by atoms with van der Waals surface area (Å²) in [4.78, 5) is 15.6. The van der Waals surface area contributed by atoms with Crippen LogP contribution in [0.15, 0.2) is 35.4 Å². The largest absolute Gasteiger partial charge is 0.465 e. The Balaban J connectivity index is 2.48. The van der Waals surface area contributed by atoms with E-state index in [2.05, 4.69) is 9.72 Å². The number of pyridine rings is 1. The Bertz CT molecular complexity index is 911. The van der Waals surface area contributed by atoms with Crippen LogP contribution in [0.3, 0.4) is 0 Å². The normalized spacial score (nSPS) is 11.2. The van der Waals surface area contributed by atoms with E-state index in [4.69, 9.17) is 4.74 Å². The van der Waals surface area contributed by atoms with Gasteiger partial charge in [-0.05, 0) is 37.3 Å². The highest BCUT2D eigenvalue weighted by Crippen LogP contribution is 2.38. The van der Waals surface area contributed by atoms with Gasteiger partial charge in [0, 0.05) is 5.56 Å². The zero-order valence-electron chi connectivity index (χ0n) is 14.8. The van der Waals surface area contributed by atoms with Gasteiger partial charge < -0.3 is 9.47 Å². The third kappa shape index (κ3) is 6.05. The quantitative estimate of drug-likeness (QED) is 0.352. The Kier molecular flexibility index (Phi) is 7.39. The Morgan fingerprint density at radius 2 is 1.93 bits per heavy atom. The van der Waals surface area contributed by atoms with Crippen molar-refractivity contribution in [3.63, 3.8) is 0 Å². The standard InChI is InChI=1S/C18H13F5N2O3S/c1-2-27-15(26)9-29-16-12(8-24)13(18(21,22)23)7-14(25-16)10-3-5-11(6-4-10)28-17(19)20/h3-7,17H,2,9H2,1H3. The fourth-order valence-corrected chi connectivity index (χ4v) is 3.04. The van der Waals surface area contributed by atoms with Gasteiger partial charge in [-0.15, -0.1) is 0 Å². The Hall–Kier alpha value is -2.87. The van der Waals surface area contributed by atoms with E-state index < -0.39 is 29.9 Å². The first kappa shape index (κ1) is 22.4. The number of aromatic nitrogens is 1. The lowest BCUT2D eigenvalue weighted by Gasteiger charge is -2.14. The van der Waals surface area contributed by atoms with Crippen molar-refractivity contribution in [2.75, 3.05) is 12.4 Å². The topological polar surface area (TPSA) is 72.2 Å². The highest BCUT2D eigenvalue weighted by Gasteiger charge is 2.36. The minimum Gasteiger partial charge on any atom is -0.465 e. The number of alkyl halides is 5. The zero-order chi connectivity index (χ0) is 21.6. The average Bonchev–Trinajstić information content (AvgIpc) is 2.65. The SMILES string of the molecule is CCOC(=O)CSc1nc(-c2ccc(OC(F)F)cc2)cc(C(F)(F)F)c1C#N. The summed E-state index contributed by atoms with van der Waals surface area (Å²) in [5, 5.41) is 8.91. The third-order valence-electron chi connectivity index (χ3n) is 3.41. The summed E-state index contributed by atoms with van der Waals surface area (Å²) in [6.07, 6.45) is -4.85. The van der Waals surface area contributed by atoms with Gasteiger partial charge in [0.2, 0.25) is 0 Å². The van der Waals surface area contributed by atoms with Crippen LogP contribution in [0, 0.1) is 11.3 Å². The van der Waals surface area contributed by atoms with Gasteiger partial charge in [0.15, 0.2) is 0 Å². The van der Waals surface area contributed by atoms with Crippen molar-refractivity contribution in [2.45, 2.75) is 24.7 Å². The smallest absolute Gasteiger partial charge is 0.417 e. The van der Waals surface area contributed by atoms with Gasteiger partial charge in [0.25, 0.3) is 0 Å². The fraction of sp³-hybridized carbons (Fsp3) is 0.278. The van der Waals surface area contributed by atoms with Crippen molar-refractivity contribution in [1.82, 2.24) is 4.98 Å². The van der Waals surface area contributed by atoms with Gasteiger partial charge in [-0.1, -0.05) is 11.8 Å². The monoisotopic (exact) mass is 432 g/mol. The lowest BCUT2D eigenvalue weighted by atomic mass is 10.1. The number of esters is 1. The first-order valence-electron chi connectivity index (χ1n) is 8.01. The highest BCUT2D eigenvalue weighted by molar-refractivity contribution is 7.99. The average molecular weight is 432 g/mol. The molecule has 2 rings (SSSR count). The number of carbonyl (C=O) groups excluding carboxylic acids is 1. The molecule has 0 saturated heterocycles. The van der Waals surface area contributed by atoms with Crippen LogP contribution in [0.4, 0.5) is 22.0 Å². The number of nitriles is 1. The number of rotatable bonds is 7. The van der Waals surface area contributed by atoms with Gasteiger partial charge in [-0.3, -0.25) is 4.79 Å². The van der Waals surface area contributed by atoms with Crippen LogP contribution >= 0.6 is 11.8 Å². The second kappa shape index (κ2) is 9.56. The number of benzene rings is 1. The van der Waals surface area contributed by atoms with Crippen LogP contribution in [0.25, 0.3) is 11.3 Å². The maximum atomic E-state index is 13.5. The van der Waals surface area contributed by atoms with Crippen LogP contribution in [0.1, 0.15) is 18.1 Å². The van der Waals surface area contributed by atoms with E-state index in [1.54, 1.807) is 6.92 Å². The predicted molar refractivity (Wildman–Crippen MR) is 93.4 cm³/mol. The molecule has 0 amide bonds. The molecule has 0 aliphatic rings. The van der Waals surface area contributed by atoms with Gasteiger partial charge >= 0.3 is 18.8 Å². The van der Waals surface area contributed by atoms with E-state index in [0.717, 1.165) is 12.1 Å². The minimum absolute atomic E-state index is 0.0960. The summed E-state index contributed by atoms with van der Waals surface area (Å²) in [7, 11) is 0. The molecule has 2 aromatic rings. The maximum absolute atomic E-state index is 13.5. The molecule has 0 spiro atoms. The van der Waals surface area contributed by atoms with Crippen LogP contribution in [0.5, 0.6) is 5.75 Å². The molecule has 0 aliphatic carbocycles. The maximum Gasteiger partial charge on any atom is 0.417 e. The van der Waals surface area contributed by atoms with E-state index >= 15 is 0 Å². The molecule has 0 N–H and O–H groups in total. The van der Waals surface area contributed by atoms with Crippen molar-refractivity contribution in [3.8, 4) is 23.1 Å². The Morgan fingerprint density at radius 3 is 2.45 bits per heavy atom. The molecule has 0 bridgehead atoms. The first-order valence-corrected chi connectivity index (χ1v) is 9.00. The zero-order valence-corrected chi connectivity index (χ0v) is 15.6. The van der Waals surface area contributed by atoms with Crippen molar-refractivity contribution in [3.05, 3.63) is 41.5 Å². The van der Waals surface area contributed by atoms with Crippen LogP contribution in [-0.2, 0) is 15.7 Å². The summed E-state index contributed by atoms with van der Waals surface area (Å²) < 4.78 is 73.8. The van der Waals surface area contributed by atoms with E-state index in [9.17, 15) is 32.0 Å². The molecule has 0 radical (unpaired) electrons. The predicted octanol–water partition coefficient (Wildman–Crippen LogP) is 4.90. The Labute approximate surface area is 166 Å². The Morgan fingerprint density at radius 1 is 1.28 bits per heavy atom. The molecule has 0 aliphatic heterocycles. The molecule has 0 fully saturated rings. The van der Waals surface area contributed by atoms with Gasteiger partial charge in [0.05, 0.1) is 29.2 Å². The lowest BCUT2D eigenvalue weighted by Crippen LogP contribution is -2.12. The van der Waals surface area contributed by atoms with E-state index in [-0.39, 0.29) is 34.4 Å². The van der Waals surface area contributed by atoms with Crippen molar-refractivity contribution >= 4 is 17.7 Å². The van der Waals surface area contributed by atoms with Gasteiger partial charge in [-0.2, -0.15) is 27.2 Å². The number of hydrogen-bond acceptors (Lipinski definition) is 6. The number of nitrogens with zero attached hydrogens (tertiary/aromatic N) is 2. The molecule has 1 aromatic carbocycles. The molecule has 5 nitrogen and oxygen atoms in total. The summed E-state index contributed by atoms with van der Waals surface area (Å²) in [5.74, 6) is -1.18. The van der Waals surface area contributed by atoms with Crippen LogP contribution in [0.2, 0.25) is 0 Å². The fourth-order valence-electron chi connectivity index (χ4n) is 2.24. The second-order valence-corrected chi connectivity index (χ2v) is 6.31. The van der Waals surface area contributed by atoms with Gasteiger partial charge in [0.1, 0.15) is 16.8 Å². The lowest BCUT2D eigenvalue weighted by molar-refractivity contribution is -0.140. The number of carbonyl (C=O) groups is 1. The molecular weight excluding hydrogens is 419 g/mol. The summed E-state index contributed by atoms with van der Waals surface area (Å²) >= 11 is 0.638. The molecule has 154 valence electrons. The molecule has 0 saturated carbocycles. The minimum atomic E-state index is -4.85. The van der Waals surface area contributed by atoms with Crippen LogP contribution in [-0.4, -0.2) is 29.9 Å². The van der Waals surface area contributed by atoms with Gasteiger partial charge in [-0.25, -0.2) is 4.98 Å². The molecule has 1 aromatic heterocycles.